The average Bonchev–Trinajstić information content (AvgIpc) is 3.04. The lowest BCUT2D eigenvalue weighted by atomic mass is 9.60. The molecule has 92 valence electrons. The first kappa shape index (κ1) is 10.3. The largest absolute Gasteiger partial charge is 0.316 e. The highest BCUT2D eigenvalue weighted by Gasteiger charge is 2.56. The summed E-state index contributed by atoms with van der Waals surface area (Å²) >= 11 is 0. The molecule has 0 amide bonds. The molecular formula is C15H22N2. The van der Waals surface area contributed by atoms with Crippen LogP contribution in [0.4, 0.5) is 0 Å². The van der Waals surface area contributed by atoms with Gasteiger partial charge >= 0.3 is 0 Å². The van der Waals surface area contributed by atoms with Gasteiger partial charge in [-0.05, 0) is 43.6 Å². The molecule has 2 heteroatoms. The number of allylic oxidation sites excluding steroid dienone is 3. The lowest BCUT2D eigenvalue weighted by molar-refractivity contribution is 0.0258. The number of hydrogen-bond donors (Lipinski definition) is 2. The van der Waals surface area contributed by atoms with Crippen LogP contribution in [0.25, 0.3) is 0 Å². The van der Waals surface area contributed by atoms with Crippen LogP contribution in [0.15, 0.2) is 24.3 Å². The number of rotatable bonds is 1. The van der Waals surface area contributed by atoms with Crippen LogP contribution in [-0.2, 0) is 0 Å². The summed E-state index contributed by atoms with van der Waals surface area (Å²) in [5.41, 5.74) is 1.13. The van der Waals surface area contributed by atoms with Crippen LogP contribution in [0.2, 0.25) is 0 Å². The molecule has 0 aromatic rings. The van der Waals surface area contributed by atoms with E-state index in [1.807, 2.05) is 0 Å². The highest BCUT2D eigenvalue weighted by atomic mass is 15.1. The van der Waals surface area contributed by atoms with Gasteiger partial charge in [-0.2, -0.15) is 0 Å². The molecule has 4 rings (SSSR count). The van der Waals surface area contributed by atoms with Crippen molar-refractivity contribution in [3.8, 4) is 0 Å². The molecule has 2 spiro atoms. The van der Waals surface area contributed by atoms with E-state index in [1.165, 1.54) is 45.3 Å². The Morgan fingerprint density at radius 1 is 0.941 bits per heavy atom. The summed E-state index contributed by atoms with van der Waals surface area (Å²) in [6.07, 6.45) is 15.0. The Kier molecular flexibility index (Phi) is 2.10. The van der Waals surface area contributed by atoms with Gasteiger partial charge in [-0.1, -0.05) is 24.3 Å². The first-order valence-corrected chi connectivity index (χ1v) is 7.11. The van der Waals surface area contributed by atoms with E-state index in [4.69, 9.17) is 0 Å². The van der Waals surface area contributed by atoms with Crippen molar-refractivity contribution in [1.82, 2.24) is 10.6 Å². The predicted molar refractivity (Wildman–Crippen MR) is 69.8 cm³/mol. The summed E-state index contributed by atoms with van der Waals surface area (Å²) in [5, 5.41) is 7.32. The summed E-state index contributed by atoms with van der Waals surface area (Å²) in [7, 11) is 0. The smallest absolute Gasteiger partial charge is 0.0217 e. The van der Waals surface area contributed by atoms with Gasteiger partial charge in [0.2, 0.25) is 0 Å². The van der Waals surface area contributed by atoms with Crippen molar-refractivity contribution in [3.63, 3.8) is 0 Å². The standard InChI is InChI=1S/C15H22N2/c1-2-6-14(5-1)7-3-4-12(14)13-15(11-17-13)8-9-16-10-15/h1-4,12-13,16-17H,5-11H2. The van der Waals surface area contributed by atoms with Gasteiger partial charge in [-0.3, -0.25) is 0 Å². The molecule has 2 nitrogen and oxygen atoms in total. The van der Waals surface area contributed by atoms with Gasteiger partial charge in [0.05, 0.1) is 0 Å². The topological polar surface area (TPSA) is 24.1 Å². The van der Waals surface area contributed by atoms with E-state index in [9.17, 15) is 0 Å². The lowest BCUT2D eigenvalue weighted by Crippen LogP contribution is -2.67. The molecule has 0 saturated carbocycles. The molecule has 17 heavy (non-hydrogen) atoms. The summed E-state index contributed by atoms with van der Waals surface area (Å²) in [6, 6.07) is 0.733. The second-order valence-electron chi connectivity index (χ2n) is 6.55. The third-order valence-corrected chi connectivity index (χ3v) is 5.76. The molecule has 2 aliphatic heterocycles. The minimum absolute atomic E-state index is 0.549. The summed E-state index contributed by atoms with van der Waals surface area (Å²) in [4.78, 5) is 0. The van der Waals surface area contributed by atoms with Gasteiger partial charge < -0.3 is 10.6 Å². The Labute approximate surface area is 104 Å². The van der Waals surface area contributed by atoms with Crippen LogP contribution in [-0.4, -0.2) is 25.7 Å². The number of hydrogen-bond acceptors (Lipinski definition) is 2. The fraction of sp³-hybridized carbons (Fsp3) is 0.733. The molecule has 0 aromatic heterocycles. The van der Waals surface area contributed by atoms with E-state index < -0.39 is 0 Å². The Morgan fingerprint density at radius 3 is 2.41 bits per heavy atom. The Morgan fingerprint density at radius 2 is 1.76 bits per heavy atom. The maximum Gasteiger partial charge on any atom is 0.0217 e. The second-order valence-corrected chi connectivity index (χ2v) is 6.55. The Hall–Kier alpha value is -0.600. The van der Waals surface area contributed by atoms with Gasteiger partial charge in [0.25, 0.3) is 0 Å². The predicted octanol–water partition coefficient (Wildman–Crippen LogP) is 1.85. The van der Waals surface area contributed by atoms with Crippen molar-refractivity contribution in [2.45, 2.75) is 31.7 Å². The quantitative estimate of drug-likeness (QED) is 0.672. The first-order valence-electron chi connectivity index (χ1n) is 7.11. The second kappa shape index (κ2) is 3.46. The van der Waals surface area contributed by atoms with Gasteiger partial charge in [-0.25, -0.2) is 0 Å². The zero-order valence-electron chi connectivity index (χ0n) is 10.4. The molecule has 2 aliphatic carbocycles. The van der Waals surface area contributed by atoms with E-state index in [1.54, 1.807) is 0 Å². The van der Waals surface area contributed by atoms with Crippen molar-refractivity contribution >= 4 is 0 Å². The molecule has 3 atom stereocenters. The van der Waals surface area contributed by atoms with Crippen molar-refractivity contribution in [1.29, 1.82) is 0 Å². The van der Waals surface area contributed by atoms with Crippen molar-refractivity contribution in [2.75, 3.05) is 19.6 Å². The van der Waals surface area contributed by atoms with Gasteiger partial charge in [0, 0.05) is 24.5 Å². The van der Waals surface area contributed by atoms with Crippen LogP contribution in [0.3, 0.4) is 0 Å². The SMILES string of the molecule is C1=CCC2(C1)CC=CC2C1NCC12CCNC2. The third kappa shape index (κ3) is 1.28. The molecular weight excluding hydrogens is 208 g/mol. The Balaban J connectivity index is 1.60. The highest BCUT2D eigenvalue weighted by molar-refractivity contribution is 5.24. The minimum atomic E-state index is 0.549. The minimum Gasteiger partial charge on any atom is -0.316 e. The molecule has 2 fully saturated rings. The van der Waals surface area contributed by atoms with Crippen molar-refractivity contribution < 1.29 is 0 Å². The molecule has 2 saturated heterocycles. The fourth-order valence-corrected chi connectivity index (χ4v) is 4.61. The van der Waals surface area contributed by atoms with E-state index in [-0.39, 0.29) is 0 Å². The van der Waals surface area contributed by atoms with Crippen LogP contribution >= 0.6 is 0 Å². The van der Waals surface area contributed by atoms with Crippen LogP contribution in [0.5, 0.6) is 0 Å². The molecule has 2 heterocycles. The zero-order chi connectivity index (χ0) is 11.3. The molecule has 2 N–H and O–H groups in total. The molecule has 4 aliphatic rings. The Bertz CT molecular complexity index is 363. The molecule has 3 unspecified atom stereocenters. The monoisotopic (exact) mass is 230 g/mol. The maximum atomic E-state index is 3.75. The summed E-state index contributed by atoms with van der Waals surface area (Å²) in [6.45, 7) is 3.69. The van der Waals surface area contributed by atoms with Crippen LogP contribution in [0.1, 0.15) is 25.7 Å². The van der Waals surface area contributed by atoms with E-state index in [0.29, 0.717) is 10.8 Å². The molecule has 0 radical (unpaired) electrons. The molecule has 0 bridgehead atoms. The van der Waals surface area contributed by atoms with Crippen molar-refractivity contribution in [3.05, 3.63) is 24.3 Å². The van der Waals surface area contributed by atoms with E-state index in [2.05, 4.69) is 34.9 Å². The number of nitrogens with one attached hydrogen (secondary N) is 2. The maximum absolute atomic E-state index is 3.75. The molecule has 0 aromatic carbocycles. The normalized spacial score (nSPS) is 46.1. The summed E-state index contributed by atoms with van der Waals surface area (Å²) < 4.78 is 0. The fourth-order valence-electron chi connectivity index (χ4n) is 4.61. The van der Waals surface area contributed by atoms with Gasteiger partial charge in [-0.15, -0.1) is 0 Å². The van der Waals surface area contributed by atoms with Gasteiger partial charge in [0.1, 0.15) is 0 Å². The average molecular weight is 230 g/mol. The third-order valence-electron chi connectivity index (χ3n) is 5.76. The zero-order valence-corrected chi connectivity index (χ0v) is 10.4. The lowest BCUT2D eigenvalue weighted by Gasteiger charge is -2.54. The van der Waals surface area contributed by atoms with Gasteiger partial charge in [0.15, 0.2) is 0 Å². The van der Waals surface area contributed by atoms with E-state index >= 15 is 0 Å². The van der Waals surface area contributed by atoms with Crippen molar-refractivity contribution in [2.24, 2.45) is 16.7 Å². The summed E-state index contributed by atoms with van der Waals surface area (Å²) in [5.74, 6) is 0.770. The van der Waals surface area contributed by atoms with Crippen LogP contribution < -0.4 is 10.6 Å². The van der Waals surface area contributed by atoms with E-state index in [0.717, 1.165) is 12.0 Å². The highest BCUT2D eigenvalue weighted by Crippen LogP contribution is 2.54. The first-order chi connectivity index (χ1) is 8.35. The van der Waals surface area contributed by atoms with Crippen LogP contribution in [0, 0.1) is 16.7 Å².